The molecule has 5 rings (SSSR count). The lowest BCUT2D eigenvalue weighted by Gasteiger charge is -2.37. The van der Waals surface area contributed by atoms with Gasteiger partial charge in [0.25, 0.3) is 11.8 Å². The standard InChI is InChI=1S/C27H26N2O4/c1-17-15-28(16-18(2)33-17)25-24(21-12-6-7-14-23(21)32-3)26(30)29(27(25)31)22-13-8-10-19-9-4-5-11-20(19)22/h4-14,17-18H,15-16H2,1-3H3. The topological polar surface area (TPSA) is 59.1 Å². The monoisotopic (exact) mass is 442 g/mol. The van der Waals surface area contributed by atoms with Crippen molar-refractivity contribution in [3.05, 3.63) is 78.0 Å². The van der Waals surface area contributed by atoms with Gasteiger partial charge in [-0.05, 0) is 31.4 Å². The number of ether oxygens (including phenoxy) is 2. The van der Waals surface area contributed by atoms with Crippen molar-refractivity contribution in [2.24, 2.45) is 0 Å². The molecule has 33 heavy (non-hydrogen) atoms. The first kappa shape index (κ1) is 21.2. The Morgan fingerprint density at radius 3 is 2.27 bits per heavy atom. The summed E-state index contributed by atoms with van der Waals surface area (Å²) in [4.78, 5) is 31.3. The van der Waals surface area contributed by atoms with Gasteiger partial charge in [-0.15, -0.1) is 0 Å². The normalized spacial score (nSPS) is 21.3. The van der Waals surface area contributed by atoms with Gasteiger partial charge in [0.2, 0.25) is 0 Å². The van der Waals surface area contributed by atoms with Gasteiger partial charge >= 0.3 is 0 Å². The summed E-state index contributed by atoms with van der Waals surface area (Å²) in [6.45, 7) is 5.02. The Hall–Kier alpha value is -3.64. The molecule has 0 spiro atoms. The Morgan fingerprint density at radius 1 is 0.848 bits per heavy atom. The molecule has 2 unspecified atom stereocenters. The van der Waals surface area contributed by atoms with Crippen molar-refractivity contribution in [1.82, 2.24) is 4.90 Å². The number of hydrogen-bond acceptors (Lipinski definition) is 5. The van der Waals surface area contributed by atoms with Gasteiger partial charge < -0.3 is 14.4 Å². The molecule has 0 aromatic heterocycles. The quantitative estimate of drug-likeness (QED) is 0.566. The summed E-state index contributed by atoms with van der Waals surface area (Å²) in [5.41, 5.74) is 1.97. The van der Waals surface area contributed by atoms with Crippen molar-refractivity contribution in [3.63, 3.8) is 0 Å². The molecule has 6 heteroatoms. The van der Waals surface area contributed by atoms with E-state index < -0.39 is 0 Å². The fourth-order valence-electron chi connectivity index (χ4n) is 4.89. The molecule has 6 nitrogen and oxygen atoms in total. The fraction of sp³-hybridized carbons (Fsp3) is 0.259. The molecule has 168 valence electrons. The Labute approximate surface area is 193 Å². The summed E-state index contributed by atoms with van der Waals surface area (Å²) < 4.78 is 11.5. The molecule has 0 bridgehead atoms. The van der Waals surface area contributed by atoms with Crippen LogP contribution in [-0.4, -0.2) is 49.1 Å². The van der Waals surface area contributed by atoms with E-state index >= 15 is 0 Å². The highest BCUT2D eigenvalue weighted by atomic mass is 16.5. The van der Waals surface area contributed by atoms with Gasteiger partial charge in [0.15, 0.2) is 0 Å². The molecule has 2 aliphatic heterocycles. The average Bonchev–Trinajstić information content (AvgIpc) is 3.07. The minimum atomic E-state index is -0.345. The number of amides is 2. The number of para-hydroxylation sites is 1. The summed E-state index contributed by atoms with van der Waals surface area (Å²) in [7, 11) is 1.57. The second-order valence-electron chi connectivity index (χ2n) is 8.53. The second kappa shape index (κ2) is 8.37. The first-order valence-corrected chi connectivity index (χ1v) is 11.1. The third-order valence-corrected chi connectivity index (χ3v) is 6.18. The number of carbonyl (C=O) groups is 2. The predicted octanol–water partition coefficient (Wildman–Crippen LogP) is 4.24. The molecule has 2 aliphatic rings. The zero-order valence-electron chi connectivity index (χ0n) is 18.9. The van der Waals surface area contributed by atoms with Crippen LogP contribution in [0.5, 0.6) is 5.75 Å². The van der Waals surface area contributed by atoms with E-state index in [1.54, 1.807) is 7.11 Å². The number of nitrogens with zero attached hydrogens (tertiary/aromatic N) is 2. The molecule has 3 aromatic carbocycles. The first-order valence-electron chi connectivity index (χ1n) is 11.1. The van der Waals surface area contributed by atoms with Crippen LogP contribution in [0, 0.1) is 0 Å². The molecule has 2 atom stereocenters. The van der Waals surface area contributed by atoms with Crippen LogP contribution in [0.2, 0.25) is 0 Å². The van der Waals surface area contributed by atoms with Gasteiger partial charge in [-0.3, -0.25) is 9.59 Å². The minimum Gasteiger partial charge on any atom is -0.496 e. The summed E-state index contributed by atoms with van der Waals surface area (Å²) in [6.07, 6.45) is -0.121. The molecule has 0 radical (unpaired) electrons. The number of imide groups is 1. The van der Waals surface area contributed by atoms with Crippen LogP contribution >= 0.6 is 0 Å². The van der Waals surface area contributed by atoms with E-state index in [2.05, 4.69) is 0 Å². The molecule has 1 fully saturated rings. The number of anilines is 1. The predicted molar refractivity (Wildman–Crippen MR) is 128 cm³/mol. The van der Waals surface area contributed by atoms with Crippen LogP contribution in [0.1, 0.15) is 19.4 Å². The van der Waals surface area contributed by atoms with Crippen LogP contribution in [0.3, 0.4) is 0 Å². The van der Waals surface area contributed by atoms with Crippen molar-refractivity contribution in [2.45, 2.75) is 26.1 Å². The molecular formula is C27H26N2O4. The highest BCUT2D eigenvalue weighted by Gasteiger charge is 2.45. The van der Waals surface area contributed by atoms with Crippen molar-refractivity contribution in [2.75, 3.05) is 25.1 Å². The van der Waals surface area contributed by atoms with E-state index in [-0.39, 0.29) is 24.0 Å². The van der Waals surface area contributed by atoms with Gasteiger partial charge in [-0.1, -0.05) is 54.6 Å². The minimum absolute atomic E-state index is 0.0605. The van der Waals surface area contributed by atoms with Gasteiger partial charge in [0.1, 0.15) is 11.4 Å². The Morgan fingerprint density at radius 2 is 1.52 bits per heavy atom. The smallest absolute Gasteiger partial charge is 0.282 e. The molecule has 0 saturated carbocycles. The van der Waals surface area contributed by atoms with E-state index in [4.69, 9.17) is 9.47 Å². The van der Waals surface area contributed by atoms with Crippen molar-refractivity contribution < 1.29 is 19.1 Å². The molecule has 2 amide bonds. The van der Waals surface area contributed by atoms with E-state index in [0.29, 0.717) is 41.4 Å². The number of morpholine rings is 1. The molecule has 0 aliphatic carbocycles. The zero-order chi connectivity index (χ0) is 23.1. The van der Waals surface area contributed by atoms with Gasteiger partial charge in [-0.2, -0.15) is 0 Å². The fourth-order valence-corrected chi connectivity index (χ4v) is 4.89. The third kappa shape index (κ3) is 3.56. The number of benzene rings is 3. The first-order chi connectivity index (χ1) is 16.0. The Bertz CT molecular complexity index is 1270. The summed E-state index contributed by atoms with van der Waals surface area (Å²) in [5, 5.41) is 1.82. The number of carbonyl (C=O) groups excluding carboxylic acids is 2. The van der Waals surface area contributed by atoms with Crippen LogP contribution in [0.4, 0.5) is 5.69 Å². The largest absolute Gasteiger partial charge is 0.496 e. The number of fused-ring (bicyclic) bond motifs is 1. The maximum Gasteiger partial charge on any atom is 0.282 e. The van der Waals surface area contributed by atoms with Crippen LogP contribution in [-0.2, 0) is 14.3 Å². The van der Waals surface area contributed by atoms with E-state index in [0.717, 1.165) is 10.8 Å². The molecule has 0 N–H and O–H groups in total. The highest BCUT2D eigenvalue weighted by Crippen LogP contribution is 2.40. The van der Waals surface area contributed by atoms with Crippen molar-refractivity contribution in [3.8, 4) is 5.75 Å². The maximum atomic E-state index is 14.0. The van der Waals surface area contributed by atoms with E-state index in [1.807, 2.05) is 85.5 Å². The highest BCUT2D eigenvalue weighted by molar-refractivity contribution is 6.46. The molecular weight excluding hydrogens is 416 g/mol. The SMILES string of the molecule is COc1ccccc1C1=C(N2CC(C)OC(C)C2)C(=O)N(c2cccc3ccccc23)C1=O. The van der Waals surface area contributed by atoms with E-state index in [9.17, 15) is 9.59 Å². The van der Waals surface area contributed by atoms with Gasteiger partial charge in [0.05, 0.1) is 30.6 Å². The lowest BCUT2D eigenvalue weighted by molar-refractivity contribution is -0.121. The number of methoxy groups -OCH3 is 1. The Kier molecular flexibility index (Phi) is 5.38. The summed E-state index contributed by atoms with van der Waals surface area (Å²) >= 11 is 0. The van der Waals surface area contributed by atoms with Gasteiger partial charge in [0, 0.05) is 24.0 Å². The van der Waals surface area contributed by atoms with Gasteiger partial charge in [-0.25, -0.2) is 4.90 Å². The second-order valence-corrected chi connectivity index (χ2v) is 8.53. The number of rotatable bonds is 4. The Balaban J connectivity index is 1.70. The number of hydrogen-bond donors (Lipinski definition) is 0. The van der Waals surface area contributed by atoms with Crippen LogP contribution < -0.4 is 9.64 Å². The summed E-state index contributed by atoms with van der Waals surface area (Å²) in [5.74, 6) is -0.110. The summed E-state index contributed by atoms with van der Waals surface area (Å²) in [6, 6.07) is 20.8. The average molecular weight is 443 g/mol. The lowest BCUT2D eigenvalue weighted by atomic mass is 10.0. The molecule has 2 heterocycles. The maximum absolute atomic E-state index is 14.0. The molecule has 1 saturated heterocycles. The zero-order valence-corrected chi connectivity index (χ0v) is 18.9. The third-order valence-electron chi connectivity index (χ3n) is 6.18. The molecule has 3 aromatic rings. The lowest BCUT2D eigenvalue weighted by Crippen LogP contribution is -2.47. The van der Waals surface area contributed by atoms with Crippen molar-refractivity contribution >= 4 is 33.8 Å². The van der Waals surface area contributed by atoms with Crippen LogP contribution in [0.25, 0.3) is 16.3 Å². The van der Waals surface area contributed by atoms with E-state index in [1.165, 1.54) is 4.90 Å². The van der Waals surface area contributed by atoms with Crippen LogP contribution in [0.15, 0.2) is 72.4 Å². The van der Waals surface area contributed by atoms with Crippen molar-refractivity contribution in [1.29, 1.82) is 0 Å².